The molecular weight excluding hydrogens is 1060 g/mol. The summed E-state index contributed by atoms with van der Waals surface area (Å²) < 4.78 is 10.4. The van der Waals surface area contributed by atoms with Gasteiger partial charge in [0.2, 0.25) is 23.0 Å². The number of Topliss-reactive ketones (excluding diaryl/α,β-unsaturated/α-hetero) is 2. The van der Waals surface area contributed by atoms with Crippen LogP contribution in [0.5, 0.6) is 0 Å². The predicted molar refractivity (Wildman–Crippen MR) is 272 cm³/mol. The number of piperidine rings is 1. The molecule has 26 nitrogen and oxygen atoms in total. The molecule has 77 heavy (non-hydrogen) atoms. The van der Waals surface area contributed by atoms with E-state index in [0.717, 1.165) is 32.4 Å². The highest BCUT2D eigenvalue weighted by Crippen LogP contribution is 2.30. The number of halogens is 2. The third-order valence-corrected chi connectivity index (χ3v) is 12.8. The zero-order valence-electron chi connectivity index (χ0n) is 43.5. The predicted octanol–water partition coefficient (Wildman–Crippen LogP) is 2.74. The topological polar surface area (TPSA) is 382 Å². The number of hydrogen-bond acceptors (Lipinski definition) is 18. The SMILES string of the molecule is CC(C)[C@H](NC(=O)CCC(=O)O)C1=NOC(C)(C(=O)N[C@@H](CC(=O)O)C(=O)COC(=O)c2c(Cl)cccc2Cl)C1.CC(C)[C@H](NC(=O)CCC(=O)O)C1=NOC(C)(C(=O)N[C@@H](CC(=O)O)C(=O)COCN2CCCCC2)C1. The number of carbonyl (C=O) groups excluding carboxylic acids is 7. The van der Waals surface area contributed by atoms with Gasteiger partial charge in [-0.1, -0.05) is 73.7 Å². The smallest absolute Gasteiger partial charge is 0.341 e. The van der Waals surface area contributed by atoms with E-state index in [1.165, 1.54) is 32.0 Å². The van der Waals surface area contributed by atoms with Crippen LogP contribution in [0.3, 0.4) is 0 Å². The van der Waals surface area contributed by atoms with Crippen molar-refractivity contribution in [2.24, 2.45) is 22.1 Å². The molecule has 2 unspecified atom stereocenters. The summed E-state index contributed by atoms with van der Waals surface area (Å²) in [5.74, 6) is -10.3. The van der Waals surface area contributed by atoms with E-state index in [2.05, 4.69) is 36.5 Å². The first-order chi connectivity index (χ1) is 36.0. The first-order valence-electron chi connectivity index (χ1n) is 24.6. The van der Waals surface area contributed by atoms with Gasteiger partial charge in [-0.15, -0.1) is 0 Å². The maximum Gasteiger partial charge on any atom is 0.341 e. The highest BCUT2D eigenvalue weighted by atomic mass is 35.5. The van der Waals surface area contributed by atoms with Gasteiger partial charge in [-0.05, 0) is 50.7 Å². The lowest BCUT2D eigenvalue weighted by Crippen LogP contribution is -2.53. The zero-order valence-corrected chi connectivity index (χ0v) is 45.0. The quantitative estimate of drug-likeness (QED) is 0.0535. The van der Waals surface area contributed by atoms with Gasteiger partial charge < -0.3 is 60.8 Å². The Kier molecular flexibility index (Phi) is 25.3. The van der Waals surface area contributed by atoms with Crippen LogP contribution in [-0.4, -0.2) is 170 Å². The van der Waals surface area contributed by atoms with Crippen LogP contribution < -0.4 is 21.3 Å². The first-order valence-corrected chi connectivity index (χ1v) is 25.4. The molecule has 4 rings (SSSR count). The van der Waals surface area contributed by atoms with Gasteiger partial charge in [0.1, 0.15) is 18.7 Å². The van der Waals surface area contributed by atoms with Gasteiger partial charge in [-0.3, -0.25) is 52.8 Å². The second-order valence-electron chi connectivity index (χ2n) is 19.5. The molecular formula is C49H67Cl2N7O19. The van der Waals surface area contributed by atoms with Crippen molar-refractivity contribution in [2.75, 3.05) is 33.0 Å². The van der Waals surface area contributed by atoms with E-state index in [-0.39, 0.29) is 79.3 Å². The second kappa shape index (κ2) is 30.2. The fraction of sp³-hybridized carbons (Fsp3) is 0.612. The Morgan fingerprint density at radius 2 is 1.04 bits per heavy atom. The number of nitrogens with one attached hydrogen (secondary N) is 4. The van der Waals surface area contributed by atoms with Crippen LogP contribution in [0.25, 0.3) is 0 Å². The van der Waals surface area contributed by atoms with Gasteiger partial charge in [0.25, 0.3) is 11.8 Å². The number of benzene rings is 1. The van der Waals surface area contributed by atoms with Crippen LogP contribution in [-0.2, 0) is 67.1 Å². The summed E-state index contributed by atoms with van der Waals surface area (Å²) in [6, 6.07) is 0.113. The number of carboxylic acids is 4. The van der Waals surface area contributed by atoms with E-state index in [9.17, 15) is 63.0 Å². The van der Waals surface area contributed by atoms with Crippen molar-refractivity contribution in [3.8, 4) is 0 Å². The summed E-state index contributed by atoms with van der Waals surface area (Å²) in [4.78, 5) is 145. The van der Waals surface area contributed by atoms with Crippen molar-refractivity contribution in [1.29, 1.82) is 0 Å². The normalized spacial score (nSPS) is 19.5. The minimum absolute atomic E-state index is 0.0136. The minimum Gasteiger partial charge on any atom is -0.481 e. The molecule has 0 bridgehead atoms. The van der Waals surface area contributed by atoms with E-state index in [0.29, 0.717) is 11.4 Å². The highest BCUT2D eigenvalue weighted by molar-refractivity contribution is 6.39. The number of oxime groups is 2. The van der Waals surface area contributed by atoms with Crippen LogP contribution in [0.4, 0.5) is 0 Å². The lowest BCUT2D eigenvalue weighted by molar-refractivity contribution is -0.147. The Bertz CT molecular complexity index is 2410. The molecule has 426 valence electrons. The number of esters is 1. The molecule has 1 saturated heterocycles. The van der Waals surface area contributed by atoms with Crippen LogP contribution in [0, 0.1) is 11.8 Å². The van der Waals surface area contributed by atoms with Crippen molar-refractivity contribution in [3.63, 3.8) is 0 Å². The number of ketones is 2. The van der Waals surface area contributed by atoms with E-state index in [4.69, 9.17) is 52.6 Å². The molecule has 0 spiro atoms. The molecule has 1 fully saturated rings. The Labute approximate surface area is 453 Å². The number of aliphatic carboxylic acids is 4. The van der Waals surface area contributed by atoms with Crippen LogP contribution in [0.15, 0.2) is 28.5 Å². The minimum atomic E-state index is -1.66. The first kappa shape index (κ1) is 64.5. The monoisotopic (exact) mass is 1130 g/mol. The molecule has 28 heteroatoms. The largest absolute Gasteiger partial charge is 0.481 e. The molecule has 3 aliphatic rings. The molecule has 0 aliphatic carbocycles. The number of amides is 4. The van der Waals surface area contributed by atoms with E-state index >= 15 is 0 Å². The van der Waals surface area contributed by atoms with Crippen molar-refractivity contribution in [1.82, 2.24) is 26.2 Å². The summed E-state index contributed by atoms with van der Waals surface area (Å²) in [5, 5.41) is 54.2. The molecule has 0 saturated carbocycles. The van der Waals surface area contributed by atoms with Gasteiger partial charge in [0.15, 0.2) is 18.2 Å². The zero-order chi connectivity index (χ0) is 57.8. The molecule has 3 heterocycles. The second-order valence-corrected chi connectivity index (χ2v) is 20.4. The molecule has 8 N–H and O–H groups in total. The number of carboxylic acid groups (broad SMARTS) is 4. The van der Waals surface area contributed by atoms with Crippen LogP contribution in [0.2, 0.25) is 10.0 Å². The standard InChI is InChI=1S/C25H29Cl2N3O10.C24H38N4O9/c1-12(2)22(29-18(32)7-8-19(33)34)16-10-25(3,40-30-16)24(38)28-15(9-20(35)36)17(31)11-39-23(37)21-13(26)5-4-6-14(21)27;1-15(2)22(26-19(30)7-8-20(31)32)17-12-24(3,37-27-17)23(35)25-16(11-21(33)34)18(29)13-36-14-28-9-5-4-6-10-28/h4-6,12,15,22H,7-11H2,1-3H3,(H,28,38)(H,29,32)(H,33,34)(H,35,36);15-16,22H,4-14H2,1-3H3,(H,25,35)(H,26,30)(H,31,32)(H,33,34)/t15-,22-,25?;16-,22-,24?/m00/s1. The van der Waals surface area contributed by atoms with Crippen LogP contribution in [0.1, 0.15) is 123 Å². The number of hydrogen-bond donors (Lipinski definition) is 8. The van der Waals surface area contributed by atoms with Crippen molar-refractivity contribution >= 4 is 99.7 Å². The highest BCUT2D eigenvalue weighted by Gasteiger charge is 2.47. The summed E-state index contributed by atoms with van der Waals surface area (Å²) in [6.07, 6.45) is 0.573. The number of rotatable bonds is 29. The Morgan fingerprint density at radius 1 is 0.623 bits per heavy atom. The third kappa shape index (κ3) is 20.9. The molecule has 6 atom stereocenters. The summed E-state index contributed by atoms with van der Waals surface area (Å²) in [7, 11) is 0. The maximum atomic E-state index is 13.1. The number of likely N-dealkylation sites (tertiary alicyclic amines) is 1. The van der Waals surface area contributed by atoms with Crippen molar-refractivity contribution < 1.29 is 92.3 Å². The third-order valence-electron chi connectivity index (χ3n) is 12.2. The lowest BCUT2D eigenvalue weighted by Gasteiger charge is -2.27. The van der Waals surface area contributed by atoms with Gasteiger partial charge in [-0.2, -0.15) is 0 Å². The Morgan fingerprint density at radius 3 is 1.43 bits per heavy atom. The average molecular weight is 1130 g/mol. The maximum absolute atomic E-state index is 13.1. The summed E-state index contributed by atoms with van der Waals surface area (Å²) >= 11 is 11.9. The Balaban J connectivity index is 0.000000406. The fourth-order valence-corrected chi connectivity index (χ4v) is 8.40. The lowest BCUT2D eigenvalue weighted by atomic mass is 9.90. The Hall–Kier alpha value is -6.77. The fourth-order valence-electron chi connectivity index (χ4n) is 7.85. The summed E-state index contributed by atoms with van der Waals surface area (Å²) in [6.45, 7) is 10.8. The van der Waals surface area contributed by atoms with E-state index in [1.54, 1.807) is 13.8 Å². The number of carbonyl (C=O) groups is 11. The summed E-state index contributed by atoms with van der Waals surface area (Å²) in [5.41, 5.74) is -2.69. The van der Waals surface area contributed by atoms with Gasteiger partial charge in [0, 0.05) is 38.8 Å². The molecule has 1 aromatic carbocycles. The number of ether oxygens (including phenoxy) is 2. The average Bonchev–Trinajstić information content (AvgIpc) is 3.96. The van der Waals surface area contributed by atoms with E-state index < -0.39 is 120 Å². The van der Waals surface area contributed by atoms with Crippen molar-refractivity contribution in [3.05, 3.63) is 33.8 Å². The van der Waals surface area contributed by atoms with Gasteiger partial charge in [-0.25, -0.2) is 4.79 Å². The van der Waals surface area contributed by atoms with Crippen LogP contribution >= 0.6 is 23.2 Å². The van der Waals surface area contributed by atoms with Crippen molar-refractivity contribution in [2.45, 2.75) is 148 Å². The molecule has 4 amide bonds. The molecule has 1 aromatic rings. The van der Waals surface area contributed by atoms with Gasteiger partial charge >= 0.3 is 29.8 Å². The molecule has 0 radical (unpaired) electrons. The molecule has 3 aliphatic heterocycles. The van der Waals surface area contributed by atoms with Gasteiger partial charge in [0.05, 0.1) is 71.5 Å². The van der Waals surface area contributed by atoms with E-state index in [1.807, 2.05) is 13.8 Å². The molecule has 0 aromatic heterocycles. The number of nitrogens with zero attached hydrogens (tertiary/aromatic N) is 3.